The van der Waals surface area contributed by atoms with Crippen LogP contribution in [0.2, 0.25) is 0 Å². The van der Waals surface area contributed by atoms with E-state index in [0.29, 0.717) is 13.0 Å². The number of carbonyl (C=O) groups excluding carboxylic acids is 2. The third-order valence-corrected chi connectivity index (χ3v) is 4.93. The number of rotatable bonds is 5. The molecule has 1 aliphatic rings. The zero-order valence-corrected chi connectivity index (χ0v) is 15.0. The van der Waals surface area contributed by atoms with E-state index in [9.17, 15) is 9.59 Å². The van der Waals surface area contributed by atoms with Crippen molar-refractivity contribution in [2.45, 2.75) is 45.7 Å². The summed E-state index contributed by atoms with van der Waals surface area (Å²) in [6.07, 6.45) is 1.34. The Kier molecular flexibility index (Phi) is 4.62. The number of imide groups is 1. The van der Waals surface area contributed by atoms with Crippen LogP contribution >= 0.6 is 0 Å². The normalized spacial score (nSPS) is 20.0. The Morgan fingerprint density at radius 2 is 1.76 bits per heavy atom. The molecule has 0 radical (unpaired) electrons. The average Bonchev–Trinajstić information content (AvgIpc) is 2.81. The lowest BCUT2D eigenvalue weighted by Crippen LogP contribution is -2.44. The molecule has 1 atom stereocenters. The molecule has 4 nitrogen and oxygen atoms in total. The molecule has 0 saturated carbocycles. The molecule has 3 amide bonds. The van der Waals surface area contributed by atoms with Gasteiger partial charge in [-0.25, -0.2) is 4.79 Å². The number of carbonyl (C=O) groups is 2. The first-order valence-electron chi connectivity index (χ1n) is 8.63. The second kappa shape index (κ2) is 6.71. The van der Waals surface area contributed by atoms with Gasteiger partial charge in [0, 0.05) is 0 Å². The Labute approximate surface area is 148 Å². The van der Waals surface area contributed by atoms with Gasteiger partial charge in [-0.2, -0.15) is 0 Å². The second-order valence-electron chi connectivity index (χ2n) is 7.07. The van der Waals surface area contributed by atoms with E-state index in [4.69, 9.17) is 0 Å². The largest absolute Gasteiger partial charge is 0.325 e. The van der Waals surface area contributed by atoms with Crippen LogP contribution in [0, 0.1) is 13.8 Å². The van der Waals surface area contributed by atoms with Crippen molar-refractivity contribution in [1.29, 1.82) is 0 Å². The topological polar surface area (TPSA) is 49.4 Å². The fourth-order valence-electron chi connectivity index (χ4n) is 3.24. The van der Waals surface area contributed by atoms with Crippen molar-refractivity contribution in [1.82, 2.24) is 10.2 Å². The van der Waals surface area contributed by atoms with Crippen LogP contribution in [0.15, 0.2) is 48.5 Å². The maximum Gasteiger partial charge on any atom is 0.325 e. The van der Waals surface area contributed by atoms with E-state index in [0.717, 1.165) is 23.1 Å². The first kappa shape index (κ1) is 17.2. The SMILES string of the molecule is Cc1ccc(C)c(CN2C(=O)N[C@@](C)(CCc3ccccc3)C2=O)c1. The van der Waals surface area contributed by atoms with Gasteiger partial charge in [-0.15, -0.1) is 0 Å². The Hall–Kier alpha value is -2.62. The smallest absolute Gasteiger partial charge is 0.323 e. The number of nitrogens with zero attached hydrogens (tertiary/aromatic N) is 1. The molecule has 25 heavy (non-hydrogen) atoms. The van der Waals surface area contributed by atoms with Crippen LogP contribution in [-0.2, 0) is 17.8 Å². The molecule has 3 rings (SSSR count). The summed E-state index contributed by atoms with van der Waals surface area (Å²) in [5, 5.41) is 2.89. The fraction of sp³-hybridized carbons (Fsp3) is 0.333. The molecule has 1 saturated heterocycles. The summed E-state index contributed by atoms with van der Waals surface area (Å²) in [4.78, 5) is 26.6. The Morgan fingerprint density at radius 1 is 1.04 bits per heavy atom. The molecule has 1 aliphatic heterocycles. The zero-order chi connectivity index (χ0) is 18.0. The van der Waals surface area contributed by atoms with Gasteiger partial charge in [-0.3, -0.25) is 9.69 Å². The van der Waals surface area contributed by atoms with E-state index in [2.05, 4.69) is 5.32 Å². The van der Waals surface area contributed by atoms with Crippen molar-refractivity contribution in [2.75, 3.05) is 0 Å². The van der Waals surface area contributed by atoms with Gasteiger partial charge in [0.1, 0.15) is 5.54 Å². The molecule has 2 aromatic rings. The molecule has 130 valence electrons. The molecule has 1 heterocycles. The van der Waals surface area contributed by atoms with E-state index in [1.54, 1.807) is 0 Å². The van der Waals surface area contributed by atoms with Crippen LogP contribution < -0.4 is 5.32 Å². The predicted molar refractivity (Wildman–Crippen MR) is 98.2 cm³/mol. The number of hydrogen-bond acceptors (Lipinski definition) is 2. The second-order valence-corrected chi connectivity index (χ2v) is 7.07. The van der Waals surface area contributed by atoms with Crippen molar-refractivity contribution in [3.8, 4) is 0 Å². The van der Waals surface area contributed by atoms with E-state index in [-0.39, 0.29) is 11.9 Å². The molecule has 0 unspecified atom stereocenters. The summed E-state index contributed by atoms with van der Waals surface area (Å²) in [7, 11) is 0. The zero-order valence-electron chi connectivity index (χ0n) is 15.0. The summed E-state index contributed by atoms with van der Waals surface area (Å²) in [5.74, 6) is -0.144. The van der Waals surface area contributed by atoms with Crippen molar-refractivity contribution in [3.63, 3.8) is 0 Å². The highest BCUT2D eigenvalue weighted by atomic mass is 16.2. The molecular weight excluding hydrogens is 312 g/mol. The van der Waals surface area contributed by atoms with Gasteiger partial charge >= 0.3 is 6.03 Å². The minimum Gasteiger partial charge on any atom is -0.323 e. The minimum atomic E-state index is -0.843. The van der Waals surface area contributed by atoms with Gasteiger partial charge in [0.25, 0.3) is 5.91 Å². The third-order valence-electron chi connectivity index (χ3n) is 4.93. The lowest BCUT2D eigenvalue weighted by atomic mass is 9.93. The minimum absolute atomic E-state index is 0.144. The number of urea groups is 1. The lowest BCUT2D eigenvalue weighted by Gasteiger charge is -2.22. The summed E-state index contributed by atoms with van der Waals surface area (Å²) in [6.45, 7) is 6.15. The number of hydrogen-bond donors (Lipinski definition) is 1. The first-order chi connectivity index (χ1) is 11.9. The summed E-state index contributed by atoms with van der Waals surface area (Å²) in [5.41, 5.74) is 3.54. The van der Waals surface area contributed by atoms with Gasteiger partial charge in [-0.1, -0.05) is 54.1 Å². The van der Waals surface area contributed by atoms with Crippen LogP contribution in [-0.4, -0.2) is 22.4 Å². The van der Waals surface area contributed by atoms with E-state index in [1.807, 2.05) is 69.3 Å². The summed E-state index contributed by atoms with van der Waals surface area (Å²) in [6, 6.07) is 15.8. The Morgan fingerprint density at radius 3 is 2.48 bits per heavy atom. The number of amides is 3. The monoisotopic (exact) mass is 336 g/mol. The average molecular weight is 336 g/mol. The Balaban J connectivity index is 1.74. The van der Waals surface area contributed by atoms with Crippen molar-refractivity contribution in [3.05, 3.63) is 70.8 Å². The number of aryl methyl sites for hydroxylation is 3. The van der Waals surface area contributed by atoms with E-state index < -0.39 is 5.54 Å². The van der Waals surface area contributed by atoms with Crippen molar-refractivity contribution in [2.24, 2.45) is 0 Å². The van der Waals surface area contributed by atoms with Gasteiger partial charge in [-0.05, 0) is 50.3 Å². The van der Waals surface area contributed by atoms with E-state index in [1.165, 1.54) is 10.5 Å². The van der Waals surface area contributed by atoms with Crippen molar-refractivity contribution >= 4 is 11.9 Å². The molecule has 1 N–H and O–H groups in total. The highest BCUT2D eigenvalue weighted by Crippen LogP contribution is 2.25. The standard InChI is InChI=1S/C21H24N2O2/c1-15-9-10-16(2)18(13-15)14-23-19(24)21(3,22-20(23)25)12-11-17-7-5-4-6-8-17/h4-10,13H,11-12,14H2,1-3H3,(H,22,25)/t21-/m0/s1. The molecule has 0 aliphatic carbocycles. The molecular formula is C21H24N2O2. The maximum absolute atomic E-state index is 12.9. The quantitative estimate of drug-likeness (QED) is 0.846. The molecule has 4 heteroatoms. The van der Waals surface area contributed by atoms with Crippen LogP contribution in [0.5, 0.6) is 0 Å². The van der Waals surface area contributed by atoms with Crippen LogP contribution in [0.1, 0.15) is 35.6 Å². The number of benzene rings is 2. The first-order valence-corrected chi connectivity index (χ1v) is 8.63. The molecule has 0 bridgehead atoms. The van der Waals surface area contributed by atoms with Gasteiger partial charge in [0.2, 0.25) is 0 Å². The predicted octanol–water partition coefficient (Wildman–Crippen LogP) is 3.75. The highest BCUT2D eigenvalue weighted by Gasteiger charge is 2.47. The summed E-state index contributed by atoms with van der Waals surface area (Å²) < 4.78 is 0. The van der Waals surface area contributed by atoms with Crippen LogP contribution in [0.25, 0.3) is 0 Å². The lowest BCUT2D eigenvalue weighted by molar-refractivity contribution is -0.131. The van der Waals surface area contributed by atoms with Gasteiger partial charge in [0.05, 0.1) is 6.54 Å². The van der Waals surface area contributed by atoms with Crippen LogP contribution in [0.3, 0.4) is 0 Å². The molecule has 2 aromatic carbocycles. The number of nitrogens with one attached hydrogen (secondary N) is 1. The van der Waals surface area contributed by atoms with Gasteiger partial charge < -0.3 is 5.32 Å². The van der Waals surface area contributed by atoms with Crippen LogP contribution in [0.4, 0.5) is 4.79 Å². The maximum atomic E-state index is 12.9. The van der Waals surface area contributed by atoms with Gasteiger partial charge in [0.15, 0.2) is 0 Å². The molecule has 0 spiro atoms. The third kappa shape index (κ3) is 3.58. The molecule has 1 fully saturated rings. The summed E-state index contributed by atoms with van der Waals surface area (Å²) >= 11 is 0. The molecule has 0 aromatic heterocycles. The van der Waals surface area contributed by atoms with E-state index >= 15 is 0 Å². The Bertz CT molecular complexity index is 801. The highest BCUT2D eigenvalue weighted by molar-refractivity contribution is 6.06. The fourth-order valence-corrected chi connectivity index (χ4v) is 3.24. The van der Waals surface area contributed by atoms with Crippen molar-refractivity contribution < 1.29 is 9.59 Å².